The Morgan fingerprint density at radius 3 is 2.58 bits per heavy atom. The summed E-state index contributed by atoms with van der Waals surface area (Å²) in [6, 6.07) is 13.0. The Bertz CT molecular complexity index is 1940. The van der Waals surface area contributed by atoms with Crippen LogP contribution in [0.15, 0.2) is 78.1 Å². The summed E-state index contributed by atoms with van der Waals surface area (Å²) in [4.78, 5) is 25.2. The van der Waals surface area contributed by atoms with Gasteiger partial charge in [-0.25, -0.2) is 14.5 Å². The van der Waals surface area contributed by atoms with Crippen molar-refractivity contribution in [1.29, 1.82) is 0 Å². The van der Waals surface area contributed by atoms with Crippen molar-refractivity contribution in [2.45, 2.75) is 26.1 Å². The topological polar surface area (TPSA) is 113 Å². The van der Waals surface area contributed by atoms with Gasteiger partial charge in [0.25, 0.3) is 5.56 Å². The van der Waals surface area contributed by atoms with Gasteiger partial charge in [0, 0.05) is 23.5 Å². The van der Waals surface area contributed by atoms with Gasteiger partial charge in [-0.05, 0) is 55.8 Å². The van der Waals surface area contributed by atoms with Crippen molar-refractivity contribution < 1.29 is 18.3 Å². The standard InChI is InChI=1S/C28H22F3N7O2/c1-15-10-11-37-23(15)27(40)38(18-6-4-3-5-7-18)26(36-37)16(2)35-25-22-20(13-32-24(22)33-14-34-25)19-12-17(28(29,30)31)8-9-21(19)39/h3-14,16,39H,1-2H3,(H2,32,33,34,35)/t16-/m0/s1. The van der Waals surface area contributed by atoms with Crippen LogP contribution in [0, 0.1) is 6.92 Å². The molecule has 0 amide bonds. The number of phenolic OH excluding ortho intramolecular Hbond substituents is 1. The zero-order chi connectivity index (χ0) is 28.2. The molecule has 6 aromatic rings. The number of hydrogen-bond acceptors (Lipinski definition) is 6. The zero-order valence-corrected chi connectivity index (χ0v) is 21.2. The van der Waals surface area contributed by atoms with E-state index in [4.69, 9.17) is 5.10 Å². The molecule has 0 radical (unpaired) electrons. The number of hydrogen-bond donors (Lipinski definition) is 3. The first-order valence-electron chi connectivity index (χ1n) is 12.3. The Balaban J connectivity index is 1.50. The van der Waals surface area contributed by atoms with Gasteiger partial charge in [0.05, 0.1) is 22.7 Å². The predicted octanol–water partition coefficient (Wildman–Crippen LogP) is 5.63. The number of aromatic hydroxyl groups is 1. The summed E-state index contributed by atoms with van der Waals surface area (Å²) in [6.07, 6.45) is -0.110. The summed E-state index contributed by atoms with van der Waals surface area (Å²) >= 11 is 0. The number of phenols is 1. The van der Waals surface area contributed by atoms with Crippen molar-refractivity contribution in [2.24, 2.45) is 0 Å². The van der Waals surface area contributed by atoms with E-state index >= 15 is 0 Å². The third-order valence-electron chi connectivity index (χ3n) is 6.75. The molecule has 0 fully saturated rings. The number of aryl methyl sites for hydroxylation is 1. The van der Waals surface area contributed by atoms with Crippen molar-refractivity contribution >= 4 is 22.4 Å². The Hall–Kier alpha value is -5.13. The molecule has 4 heterocycles. The first-order valence-corrected chi connectivity index (χ1v) is 12.3. The highest BCUT2D eigenvalue weighted by Gasteiger charge is 2.32. The number of para-hydroxylation sites is 1. The van der Waals surface area contributed by atoms with E-state index in [-0.39, 0.29) is 28.3 Å². The van der Waals surface area contributed by atoms with Gasteiger partial charge in [0.15, 0.2) is 5.82 Å². The van der Waals surface area contributed by atoms with Crippen molar-refractivity contribution in [3.8, 4) is 22.6 Å². The van der Waals surface area contributed by atoms with Crippen LogP contribution in [-0.4, -0.2) is 34.2 Å². The van der Waals surface area contributed by atoms with Crippen LogP contribution in [0.4, 0.5) is 19.0 Å². The molecule has 0 aliphatic rings. The highest BCUT2D eigenvalue weighted by molar-refractivity contribution is 6.02. The minimum Gasteiger partial charge on any atom is -0.507 e. The molecule has 0 saturated heterocycles. The van der Waals surface area contributed by atoms with Crippen LogP contribution < -0.4 is 10.9 Å². The Kier molecular flexibility index (Phi) is 5.82. The minimum atomic E-state index is -4.59. The molecule has 0 aliphatic heterocycles. The average Bonchev–Trinajstić information content (AvgIpc) is 3.53. The number of aromatic amines is 1. The normalized spacial score (nSPS) is 12.7. The fourth-order valence-electron chi connectivity index (χ4n) is 4.82. The molecule has 202 valence electrons. The second kappa shape index (κ2) is 9.26. The summed E-state index contributed by atoms with van der Waals surface area (Å²) in [7, 11) is 0. The van der Waals surface area contributed by atoms with Gasteiger partial charge >= 0.3 is 6.18 Å². The third-order valence-corrected chi connectivity index (χ3v) is 6.75. The molecule has 0 saturated carbocycles. The van der Waals surface area contributed by atoms with E-state index in [1.165, 1.54) is 21.6 Å². The van der Waals surface area contributed by atoms with E-state index in [9.17, 15) is 23.1 Å². The third kappa shape index (κ3) is 4.13. The van der Waals surface area contributed by atoms with Gasteiger partial charge < -0.3 is 15.4 Å². The molecule has 0 aliphatic carbocycles. The van der Waals surface area contributed by atoms with Gasteiger partial charge in [-0.2, -0.15) is 18.3 Å². The molecule has 1 atom stereocenters. The number of nitrogens with one attached hydrogen (secondary N) is 2. The summed E-state index contributed by atoms with van der Waals surface area (Å²) < 4.78 is 43.4. The van der Waals surface area contributed by atoms with Gasteiger partial charge in [-0.15, -0.1) is 0 Å². The molecule has 2 aromatic carbocycles. The van der Waals surface area contributed by atoms with E-state index in [0.29, 0.717) is 28.1 Å². The molecule has 4 aromatic heterocycles. The van der Waals surface area contributed by atoms with E-state index < -0.39 is 17.8 Å². The number of rotatable bonds is 5. The maximum atomic E-state index is 13.7. The van der Waals surface area contributed by atoms with Crippen LogP contribution in [0.5, 0.6) is 5.75 Å². The molecule has 9 nitrogen and oxygen atoms in total. The number of H-pyrrole nitrogens is 1. The van der Waals surface area contributed by atoms with E-state index in [1.807, 2.05) is 31.2 Å². The van der Waals surface area contributed by atoms with E-state index in [0.717, 1.165) is 23.8 Å². The number of aromatic nitrogens is 6. The summed E-state index contributed by atoms with van der Waals surface area (Å²) in [5.74, 6) is 0.332. The maximum Gasteiger partial charge on any atom is 0.416 e. The van der Waals surface area contributed by atoms with Crippen molar-refractivity contribution in [2.75, 3.05) is 5.32 Å². The van der Waals surface area contributed by atoms with Gasteiger partial charge in [-0.1, -0.05) is 18.2 Å². The minimum absolute atomic E-state index is 0.0323. The largest absolute Gasteiger partial charge is 0.507 e. The number of halogens is 3. The fourth-order valence-corrected chi connectivity index (χ4v) is 4.82. The average molecular weight is 546 g/mol. The second-order valence-corrected chi connectivity index (χ2v) is 9.37. The Morgan fingerprint density at radius 2 is 1.82 bits per heavy atom. The quantitative estimate of drug-likeness (QED) is 0.259. The molecule has 0 unspecified atom stereocenters. The zero-order valence-electron chi connectivity index (χ0n) is 21.2. The number of nitrogens with zero attached hydrogens (tertiary/aromatic N) is 5. The summed E-state index contributed by atoms with van der Waals surface area (Å²) in [6.45, 7) is 3.63. The molecule has 40 heavy (non-hydrogen) atoms. The Morgan fingerprint density at radius 1 is 1.05 bits per heavy atom. The fraction of sp³-hybridized carbons (Fsp3) is 0.143. The molecular formula is C28H22F3N7O2. The van der Waals surface area contributed by atoms with E-state index in [1.54, 1.807) is 25.3 Å². The van der Waals surface area contributed by atoms with Gasteiger partial charge in [0.2, 0.25) is 0 Å². The molecule has 0 bridgehead atoms. The SMILES string of the molecule is Cc1ccn2nc([C@H](C)Nc3ncnc4[nH]cc(-c5cc(C(F)(F)F)ccc5O)c34)n(-c3ccccc3)c(=O)c12. The summed E-state index contributed by atoms with van der Waals surface area (Å²) in [5.41, 5.74) is 1.28. The van der Waals surface area contributed by atoms with Crippen molar-refractivity contribution in [3.05, 3.63) is 101 Å². The van der Waals surface area contributed by atoms with Gasteiger partial charge in [-0.3, -0.25) is 9.36 Å². The maximum absolute atomic E-state index is 13.7. The molecule has 3 N–H and O–H groups in total. The Labute approximate surface area is 224 Å². The van der Waals surface area contributed by atoms with Crippen molar-refractivity contribution in [1.82, 2.24) is 29.1 Å². The van der Waals surface area contributed by atoms with Crippen LogP contribution in [0.1, 0.15) is 29.9 Å². The number of anilines is 1. The highest BCUT2D eigenvalue weighted by atomic mass is 19.4. The van der Waals surface area contributed by atoms with Crippen LogP contribution in [-0.2, 0) is 6.18 Å². The first kappa shape index (κ1) is 25.2. The lowest BCUT2D eigenvalue weighted by Crippen LogP contribution is -2.29. The molecule has 12 heteroatoms. The number of benzene rings is 2. The smallest absolute Gasteiger partial charge is 0.416 e. The van der Waals surface area contributed by atoms with Crippen LogP contribution in [0.2, 0.25) is 0 Å². The predicted molar refractivity (Wildman–Crippen MR) is 144 cm³/mol. The lowest BCUT2D eigenvalue weighted by Gasteiger charge is -2.20. The van der Waals surface area contributed by atoms with E-state index in [2.05, 4.69) is 20.3 Å². The highest BCUT2D eigenvalue weighted by Crippen LogP contribution is 2.41. The lowest BCUT2D eigenvalue weighted by atomic mass is 10.0. The summed E-state index contributed by atoms with van der Waals surface area (Å²) in [5, 5.41) is 18.8. The van der Waals surface area contributed by atoms with Gasteiger partial charge in [0.1, 0.15) is 29.1 Å². The van der Waals surface area contributed by atoms with Crippen LogP contribution in [0.3, 0.4) is 0 Å². The number of fused-ring (bicyclic) bond motifs is 2. The lowest BCUT2D eigenvalue weighted by molar-refractivity contribution is -0.137. The number of alkyl halides is 3. The molecular weight excluding hydrogens is 523 g/mol. The van der Waals surface area contributed by atoms with Crippen LogP contribution in [0.25, 0.3) is 33.4 Å². The monoisotopic (exact) mass is 545 g/mol. The molecule has 0 spiro atoms. The molecule has 6 rings (SSSR count). The first-order chi connectivity index (χ1) is 19.1. The van der Waals surface area contributed by atoms with Crippen LogP contribution >= 0.6 is 0 Å². The van der Waals surface area contributed by atoms with Crippen molar-refractivity contribution in [3.63, 3.8) is 0 Å². The second-order valence-electron chi connectivity index (χ2n) is 9.37.